The summed E-state index contributed by atoms with van der Waals surface area (Å²) in [5.41, 5.74) is 2.86. The van der Waals surface area contributed by atoms with Crippen molar-refractivity contribution in [2.45, 2.75) is 0 Å². The number of pyridine rings is 1. The summed E-state index contributed by atoms with van der Waals surface area (Å²) >= 11 is 0. The van der Waals surface area contributed by atoms with Gasteiger partial charge in [0.25, 0.3) is 10.2 Å². The van der Waals surface area contributed by atoms with E-state index in [1.807, 2.05) is 48.5 Å². The van der Waals surface area contributed by atoms with Crippen molar-refractivity contribution >= 4 is 11.6 Å². The van der Waals surface area contributed by atoms with Gasteiger partial charge in [0.2, 0.25) is 5.95 Å². The van der Waals surface area contributed by atoms with Gasteiger partial charge < -0.3 is 15.7 Å². The van der Waals surface area contributed by atoms with Crippen molar-refractivity contribution in [1.29, 1.82) is 0 Å². The fraction of sp³-hybridized carbons (Fsp3) is 0. The summed E-state index contributed by atoms with van der Waals surface area (Å²) in [6.45, 7) is 0. The molecule has 12 nitrogen and oxygen atoms in total. The Morgan fingerprint density at radius 2 is 1.41 bits per heavy atom. The molecular formula is C15H14N6O6. The van der Waals surface area contributed by atoms with Gasteiger partial charge in [0.1, 0.15) is 0 Å². The molecule has 3 aromatic rings. The van der Waals surface area contributed by atoms with Crippen LogP contribution in [0.3, 0.4) is 0 Å². The fourth-order valence-electron chi connectivity index (χ4n) is 1.75. The molecule has 0 aliphatic carbocycles. The molecule has 0 aliphatic rings. The minimum atomic E-state index is -1.50. The maximum atomic E-state index is 8.36. The Hall–Kier alpha value is -4.35. The van der Waals surface area contributed by atoms with Gasteiger partial charge in [-0.1, -0.05) is 18.2 Å². The molecule has 0 unspecified atom stereocenters. The zero-order valence-electron chi connectivity index (χ0n) is 13.6. The summed E-state index contributed by atoms with van der Waals surface area (Å²) in [6, 6.07) is 15.6. The lowest BCUT2D eigenvalue weighted by atomic mass is 10.2. The maximum Gasteiger partial charge on any atom is 0.291 e. The Bertz CT molecular complexity index is 830. The molecular weight excluding hydrogens is 360 g/mol. The molecule has 27 heavy (non-hydrogen) atoms. The van der Waals surface area contributed by atoms with Gasteiger partial charge in [-0.2, -0.15) is 0 Å². The van der Waals surface area contributed by atoms with Gasteiger partial charge in [-0.05, 0) is 30.3 Å². The monoisotopic (exact) mass is 374 g/mol. The molecule has 0 aliphatic heterocycles. The lowest BCUT2D eigenvalue weighted by Gasteiger charge is -2.06. The summed E-state index contributed by atoms with van der Waals surface area (Å²) in [5.74, 6) is 0.584. The number of hydrogen-bond acceptors (Lipinski definition) is 8. The summed E-state index contributed by atoms with van der Waals surface area (Å²) < 4.78 is 0. The molecule has 1 aromatic carbocycles. The quantitative estimate of drug-likeness (QED) is 0.456. The first-order chi connectivity index (χ1) is 12.9. The molecule has 3 rings (SSSR count). The standard InChI is InChI=1S/C15H12N4.2HNO3/c1-2-4-13(5-3-1)18-15-17-11-8-14(19-15)12-6-9-16-10-7-12;2*2-1(3)4/h1-11H,(H,17,18,19);2*(H,2,3,4). The smallest absolute Gasteiger partial charge is 0.291 e. The van der Waals surface area contributed by atoms with Crippen molar-refractivity contribution in [1.82, 2.24) is 15.0 Å². The molecule has 0 radical (unpaired) electrons. The first kappa shape index (κ1) is 20.7. The Morgan fingerprint density at radius 1 is 0.852 bits per heavy atom. The molecule has 0 amide bonds. The molecule has 0 atom stereocenters. The SMILES string of the molecule is O=[N+]([O-])O.O=[N+]([O-])O.c1ccc(Nc2nccc(-c3ccncc3)n2)cc1. The molecule has 0 saturated carbocycles. The van der Waals surface area contributed by atoms with E-state index in [1.165, 1.54) is 0 Å². The Labute approximate surface area is 152 Å². The number of para-hydroxylation sites is 1. The van der Waals surface area contributed by atoms with Gasteiger partial charge in [0.05, 0.1) is 5.69 Å². The molecule has 0 saturated heterocycles. The van der Waals surface area contributed by atoms with Crippen molar-refractivity contribution in [3.05, 3.63) is 87.4 Å². The zero-order chi connectivity index (χ0) is 20.1. The van der Waals surface area contributed by atoms with Crippen molar-refractivity contribution < 1.29 is 20.6 Å². The highest BCUT2D eigenvalue weighted by Crippen LogP contribution is 2.18. The van der Waals surface area contributed by atoms with E-state index in [0.717, 1.165) is 16.9 Å². The van der Waals surface area contributed by atoms with E-state index in [0.29, 0.717) is 5.95 Å². The van der Waals surface area contributed by atoms with Crippen molar-refractivity contribution in [2.24, 2.45) is 0 Å². The molecule has 12 heteroatoms. The van der Waals surface area contributed by atoms with Crippen molar-refractivity contribution in [3.8, 4) is 11.3 Å². The summed E-state index contributed by atoms with van der Waals surface area (Å²) in [4.78, 5) is 29.4. The van der Waals surface area contributed by atoms with Crippen LogP contribution in [0.15, 0.2) is 67.1 Å². The average Bonchev–Trinajstić information content (AvgIpc) is 2.63. The molecule has 0 bridgehead atoms. The predicted octanol–water partition coefficient (Wildman–Crippen LogP) is 2.59. The van der Waals surface area contributed by atoms with E-state index in [4.69, 9.17) is 30.6 Å². The number of nitrogens with zero attached hydrogens (tertiary/aromatic N) is 5. The summed E-state index contributed by atoms with van der Waals surface area (Å²) in [5, 5.41) is 30.5. The van der Waals surface area contributed by atoms with E-state index in [1.54, 1.807) is 18.6 Å². The highest BCUT2D eigenvalue weighted by molar-refractivity contribution is 5.61. The van der Waals surface area contributed by atoms with Crippen molar-refractivity contribution in [3.63, 3.8) is 0 Å². The molecule has 140 valence electrons. The number of aromatic nitrogens is 3. The molecule has 2 heterocycles. The number of nitrogens with one attached hydrogen (secondary N) is 1. The second-order valence-electron chi connectivity index (χ2n) is 4.47. The van der Waals surface area contributed by atoms with Crippen LogP contribution in [-0.4, -0.2) is 35.5 Å². The van der Waals surface area contributed by atoms with Crippen LogP contribution in [0.25, 0.3) is 11.3 Å². The Balaban J connectivity index is 0.000000390. The van der Waals surface area contributed by atoms with Crippen LogP contribution >= 0.6 is 0 Å². The lowest BCUT2D eigenvalue weighted by Crippen LogP contribution is -1.97. The Morgan fingerprint density at radius 3 is 1.96 bits per heavy atom. The summed E-state index contributed by atoms with van der Waals surface area (Å²) in [7, 11) is 0. The normalized spacial score (nSPS) is 8.89. The van der Waals surface area contributed by atoms with Crippen molar-refractivity contribution in [2.75, 3.05) is 5.32 Å². The van der Waals surface area contributed by atoms with E-state index in [2.05, 4.69) is 20.3 Å². The van der Waals surface area contributed by atoms with Gasteiger partial charge >= 0.3 is 0 Å². The number of benzene rings is 1. The topological polar surface area (TPSA) is 177 Å². The highest BCUT2D eigenvalue weighted by Gasteiger charge is 2.02. The highest BCUT2D eigenvalue weighted by atomic mass is 16.9. The second-order valence-corrected chi connectivity index (χ2v) is 4.47. The van der Waals surface area contributed by atoms with Crippen LogP contribution < -0.4 is 5.32 Å². The van der Waals surface area contributed by atoms with Gasteiger partial charge in [-0.25, -0.2) is 9.97 Å². The van der Waals surface area contributed by atoms with E-state index in [9.17, 15) is 0 Å². The molecule has 0 spiro atoms. The molecule has 0 fully saturated rings. The van der Waals surface area contributed by atoms with Crippen LogP contribution in [0.2, 0.25) is 0 Å². The third-order valence-corrected chi connectivity index (χ3v) is 2.66. The first-order valence-corrected chi connectivity index (χ1v) is 7.10. The maximum absolute atomic E-state index is 8.36. The third-order valence-electron chi connectivity index (χ3n) is 2.66. The predicted molar refractivity (Wildman–Crippen MR) is 92.5 cm³/mol. The minimum absolute atomic E-state index is 0.584. The van der Waals surface area contributed by atoms with Crippen LogP contribution in [0.5, 0.6) is 0 Å². The van der Waals surface area contributed by atoms with Gasteiger partial charge in [-0.15, -0.1) is 20.2 Å². The second kappa shape index (κ2) is 11.2. The van der Waals surface area contributed by atoms with Gasteiger partial charge in [-0.3, -0.25) is 4.98 Å². The average molecular weight is 374 g/mol. The fourth-order valence-corrected chi connectivity index (χ4v) is 1.75. The third kappa shape index (κ3) is 9.51. The van der Waals surface area contributed by atoms with Gasteiger partial charge in [0, 0.05) is 29.8 Å². The lowest BCUT2D eigenvalue weighted by molar-refractivity contribution is -0.742. The van der Waals surface area contributed by atoms with Gasteiger partial charge in [0.15, 0.2) is 0 Å². The number of anilines is 2. The van der Waals surface area contributed by atoms with Crippen LogP contribution in [0.1, 0.15) is 0 Å². The first-order valence-electron chi connectivity index (χ1n) is 7.10. The summed E-state index contributed by atoms with van der Waals surface area (Å²) in [6.07, 6.45) is 5.25. The molecule has 2 aromatic heterocycles. The molecule has 3 N–H and O–H groups in total. The minimum Gasteiger partial charge on any atom is -0.328 e. The zero-order valence-corrected chi connectivity index (χ0v) is 13.6. The van der Waals surface area contributed by atoms with E-state index in [-0.39, 0.29) is 0 Å². The largest absolute Gasteiger partial charge is 0.328 e. The van der Waals surface area contributed by atoms with E-state index >= 15 is 0 Å². The van der Waals surface area contributed by atoms with Crippen LogP contribution in [-0.2, 0) is 0 Å². The van der Waals surface area contributed by atoms with E-state index < -0.39 is 10.2 Å². The van der Waals surface area contributed by atoms with Crippen LogP contribution in [0.4, 0.5) is 11.6 Å². The van der Waals surface area contributed by atoms with Crippen LogP contribution in [0, 0.1) is 20.2 Å². The number of hydrogen-bond donors (Lipinski definition) is 3. The number of rotatable bonds is 3. The Kier molecular flexibility index (Phi) is 8.62.